The van der Waals surface area contributed by atoms with Gasteiger partial charge in [-0.2, -0.15) is 0 Å². The van der Waals surface area contributed by atoms with Gasteiger partial charge in [0.05, 0.1) is 46.6 Å². The maximum Gasteiger partial charge on any atom is -0.0623 e. The van der Waals surface area contributed by atoms with Gasteiger partial charge >= 0.3 is 81.3 Å². The largest absolute Gasteiger partial charge is 0.0623 e. The summed E-state index contributed by atoms with van der Waals surface area (Å²) in [6.45, 7) is 80.9. The van der Waals surface area contributed by atoms with E-state index >= 15 is 0 Å². The van der Waals surface area contributed by atoms with Crippen LogP contribution in [-0.4, -0.2) is 194 Å². The van der Waals surface area contributed by atoms with Crippen molar-refractivity contribution < 1.29 is 9.31 Å². The van der Waals surface area contributed by atoms with Crippen molar-refractivity contribution in [3.05, 3.63) is 118 Å². The minimum atomic E-state index is -1.71. The van der Waals surface area contributed by atoms with Crippen molar-refractivity contribution in [2.24, 2.45) is 0 Å². The molecule has 3 aromatic rings. The van der Waals surface area contributed by atoms with E-state index in [-0.39, 0.29) is 23.2 Å². The second-order valence-corrected chi connectivity index (χ2v) is 82.3. The van der Waals surface area contributed by atoms with E-state index in [4.69, 9.17) is 49.3 Å². The summed E-state index contributed by atoms with van der Waals surface area (Å²) in [5.74, 6) is 1.84. The molecule has 0 spiro atoms. The molecule has 2 aliphatic heterocycles. The van der Waals surface area contributed by atoms with Crippen LogP contribution in [0.1, 0.15) is 101 Å². The molecule has 0 bridgehead atoms. The first kappa shape index (κ1) is 85.9. The molecule has 86 heavy (non-hydrogen) atoms. The molecule has 0 N–H and O–H groups in total. The maximum absolute atomic E-state index is 6.76. The number of hydrogen-bond acceptors (Lipinski definition) is 4. The van der Waals surface area contributed by atoms with Gasteiger partial charge in [-0.25, -0.2) is 0 Å². The van der Waals surface area contributed by atoms with Gasteiger partial charge in [0.15, 0.2) is 0 Å². The Morgan fingerprint density at radius 1 is 0.407 bits per heavy atom. The average molecular weight is 1520 g/mol. The molecule has 0 saturated heterocycles. The zero-order valence-corrected chi connectivity index (χ0v) is 75.9. The van der Waals surface area contributed by atoms with Crippen molar-refractivity contribution in [2.75, 3.05) is 104 Å². The second-order valence-electron chi connectivity index (χ2n) is 33.2. The average Bonchev–Trinajstić information content (AvgIpc) is 1.54. The molecule has 0 amide bonds. The number of hydrogen-bond donors (Lipinski definition) is 0. The van der Waals surface area contributed by atoms with Gasteiger partial charge in [-0.15, -0.1) is 28.6 Å². The van der Waals surface area contributed by atoms with E-state index in [1.807, 2.05) is 50.6 Å². The Morgan fingerprint density at radius 2 is 0.593 bits per heavy atom. The van der Waals surface area contributed by atoms with Crippen molar-refractivity contribution in [1.29, 1.82) is 0 Å². The summed E-state index contributed by atoms with van der Waals surface area (Å²) in [5.41, 5.74) is 11.9. The third-order valence-electron chi connectivity index (χ3n) is 18.3. The first-order chi connectivity index (χ1) is 38.9. The summed E-state index contributed by atoms with van der Waals surface area (Å²) >= 11 is -1.11. The van der Waals surface area contributed by atoms with E-state index in [1.165, 1.54) is 48.0 Å². The van der Waals surface area contributed by atoms with Crippen LogP contribution >= 0.6 is 68.6 Å². The first-order valence-corrected chi connectivity index (χ1v) is 69.2. The smallest absolute Gasteiger partial charge is 0.0623 e. The molecule has 5 rings (SSSR count). The molecule has 2 heterocycles. The van der Waals surface area contributed by atoms with Gasteiger partial charge in [-0.05, 0) is 45.9 Å². The minimum Gasteiger partial charge on any atom is -0.0623 e. The van der Waals surface area contributed by atoms with Crippen LogP contribution < -0.4 is 9.62 Å². The third-order valence-corrected chi connectivity index (χ3v) is 55.0. The summed E-state index contributed by atoms with van der Waals surface area (Å²) in [6.07, 6.45) is 5.64. The van der Waals surface area contributed by atoms with E-state index in [9.17, 15) is 0 Å². The van der Waals surface area contributed by atoms with Crippen LogP contribution in [0.3, 0.4) is 0 Å². The normalized spacial score (nSPS) is 15.9. The molecule has 480 valence electrons. The van der Waals surface area contributed by atoms with E-state index in [0.29, 0.717) is 23.7 Å². The Labute approximate surface area is 572 Å². The van der Waals surface area contributed by atoms with Crippen molar-refractivity contribution in [2.45, 2.75) is 167 Å². The number of anilines is 2. The van der Waals surface area contributed by atoms with Gasteiger partial charge in [0.25, 0.3) is 0 Å². The Bertz CT molecular complexity index is 2330. The van der Waals surface area contributed by atoms with Crippen LogP contribution in [-0.2, 0) is 9.31 Å². The molecule has 3 aromatic carbocycles. The fraction of sp³-hybridized carbons (Fsp3) is 0.645. The number of para-hydroxylation sites is 2. The number of allylic oxidation sites excluding steroid dienone is 2. The predicted octanol–water partition coefficient (Wildman–Crippen LogP) is 20.6. The topological polar surface area (TPSA) is 24.9 Å². The zero-order chi connectivity index (χ0) is 67.5. The van der Waals surface area contributed by atoms with Crippen LogP contribution in [0.2, 0.25) is 87.7 Å². The second kappa shape index (κ2) is 34.7. The summed E-state index contributed by atoms with van der Waals surface area (Å²) in [4.78, 5) is 5.53. The van der Waals surface area contributed by atoms with Crippen molar-refractivity contribution in [3.8, 4) is 0 Å². The van der Waals surface area contributed by atoms with E-state index < -0.39 is 88.0 Å². The molecule has 24 heteroatoms. The molecule has 0 atom stereocenters. The third kappa shape index (κ3) is 21.4. The molecular formula is C62H122B6Cl4Ge2N2O2P4Si4+2. The molecule has 6 radical (unpaired) electrons. The quantitative estimate of drug-likeness (QED) is 0.0831. The molecule has 2 aliphatic rings. The fourth-order valence-corrected chi connectivity index (χ4v) is 59.0. The van der Waals surface area contributed by atoms with Gasteiger partial charge in [0.2, 0.25) is 12.1 Å². The molecule has 0 fully saturated rings. The molecule has 0 saturated carbocycles. The fourth-order valence-electron chi connectivity index (χ4n) is 15.0. The maximum atomic E-state index is 6.76. The number of halogens is 4. The van der Waals surface area contributed by atoms with E-state index in [2.05, 4.69) is 272 Å². The summed E-state index contributed by atoms with van der Waals surface area (Å²) in [6, 6.07) is 27.6. The van der Waals surface area contributed by atoms with Crippen molar-refractivity contribution in [3.63, 3.8) is 0 Å². The standard InChI is InChI=1S/2C28H58B3NOP2Si2.C6H6.2Cl2Ge/c2*1-22(2)24-19-18-20-25(23(3)4)27(24)32-26(29-31(34(6,7)8)35(9,10)11)21-28(30(32)33-5,36(12,13)14)37(15,16)17;1-2-4-6-5-3-1;2*1-3-2/h2*18-23,29H,1-17H3;1-6H;;/q2*+1;;;. The molecule has 4 nitrogen and oxygen atoms in total. The Morgan fingerprint density at radius 3 is 0.733 bits per heavy atom. The summed E-state index contributed by atoms with van der Waals surface area (Å²) in [7, 11) is 14.9. The van der Waals surface area contributed by atoms with Gasteiger partial charge in [-0.3, -0.25) is 0 Å². The van der Waals surface area contributed by atoms with Crippen LogP contribution in [0.15, 0.2) is 96.1 Å². The number of rotatable bonds is 20. The number of nitrogens with zero attached hydrogens (tertiary/aromatic N) is 2. The summed E-state index contributed by atoms with van der Waals surface area (Å²) < 4.78 is 13.8. The Kier molecular flexibility index (Phi) is 34.7. The Balaban J connectivity index is 0.000000720. The van der Waals surface area contributed by atoms with Gasteiger partial charge in [0.1, 0.15) is 0 Å². The molecule has 0 aromatic heterocycles. The van der Waals surface area contributed by atoms with Gasteiger partial charge in [-0.1, -0.05) is 230 Å². The number of benzene rings is 3. The van der Waals surface area contributed by atoms with Gasteiger partial charge in [0, 0.05) is 115 Å². The van der Waals surface area contributed by atoms with E-state index in [1.54, 1.807) is 11.2 Å². The molecule has 0 aliphatic carbocycles. The van der Waals surface area contributed by atoms with Crippen LogP contribution in [0.5, 0.6) is 0 Å². The van der Waals surface area contributed by atoms with Crippen LogP contribution in [0.25, 0.3) is 0 Å². The van der Waals surface area contributed by atoms with Crippen molar-refractivity contribution >= 4 is 180 Å². The predicted molar refractivity (Wildman–Crippen MR) is 441 cm³/mol. The SMILES string of the molecule is COB1N(c2c(C(C)C)cccc2C(C)C)C(B[B-]([P+](C)(C)C)[P+](C)(C)C)=CC1([Si](C)(C)C)[Si](C)(C)C.COB1N(c2c(C(C)C)cccc2C(C)C)C(B[B-]([P+](C)(C)C)[P+](C)(C)C)=CC1([Si](C)(C)C)[Si](C)(C)C.[Cl][Ge][Cl].[Cl][Ge][Cl].c1ccccc1. The minimum absolute atomic E-state index is 0.0653. The summed E-state index contributed by atoms with van der Waals surface area (Å²) in [5, 5.41) is 0. The van der Waals surface area contributed by atoms with E-state index in [0.717, 1.165) is 12.1 Å². The molecular weight excluding hydrogens is 1390 g/mol. The van der Waals surface area contributed by atoms with Crippen LogP contribution in [0.4, 0.5) is 11.4 Å². The van der Waals surface area contributed by atoms with Gasteiger partial charge < -0.3 is 18.9 Å². The first-order valence-electron chi connectivity index (χ1n) is 31.4. The van der Waals surface area contributed by atoms with Crippen LogP contribution in [0, 0.1) is 0 Å². The van der Waals surface area contributed by atoms with Crippen molar-refractivity contribution in [1.82, 2.24) is 0 Å². The molecule has 0 unspecified atom stereocenters. The Hall–Kier alpha value is 1.88. The zero-order valence-electron chi connectivity index (χ0n) is 61.1. The monoisotopic (exact) mass is 1520 g/mol.